The van der Waals surface area contributed by atoms with E-state index < -0.39 is 0 Å². The Labute approximate surface area is 67.9 Å². The SMILES string of the molecule is C=C(C=O)CCN1CCCC1. The largest absolute Gasteiger partial charge is 0.303 e. The molecule has 11 heavy (non-hydrogen) atoms. The van der Waals surface area contributed by atoms with Crippen molar-refractivity contribution in [3.8, 4) is 0 Å². The van der Waals surface area contributed by atoms with Crippen molar-refractivity contribution < 1.29 is 4.79 Å². The Hall–Kier alpha value is -0.630. The molecule has 2 heteroatoms. The second-order valence-electron chi connectivity index (χ2n) is 3.07. The topological polar surface area (TPSA) is 20.3 Å². The summed E-state index contributed by atoms with van der Waals surface area (Å²) >= 11 is 0. The van der Waals surface area contributed by atoms with Crippen molar-refractivity contribution in [2.24, 2.45) is 0 Å². The van der Waals surface area contributed by atoms with Gasteiger partial charge in [-0.05, 0) is 37.9 Å². The normalized spacial score (nSPS) is 18.5. The molecule has 1 aliphatic rings. The van der Waals surface area contributed by atoms with Gasteiger partial charge in [-0.15, -0.1) is 0 Å². The van der Waals surface area contributed by atoms with Crippen LogP contribution in [0.5, 0.6) is 0 Å². The van der Waals surface area contributed by atoms with Crippen molar-refractivity contribution >= 4 is 6.29 Å². The van der Waals surface area contributed by atoms with Crippen molar-refractivity contribution in [1.82, 2.24) is 4.90 Å². The Balaban J connectivity index is 2.10. The molecule has 0 spiro atoms. The molecular weight excluding hydrogens is 138 g/mol. The minimum absolute atomic E-state index is 0.719. The molecule has 0 atom stereocenters. The summed E-state index contributed by atoms with van der Waals surface area (Å²) in [6.45, 7) is 7.05. The summed E-state index contributed by atoms with van der Waals surface area (Å²) in [4.78, 5) is 12.6. The second kappa shape index (κ2) is 4.29. The van der Waals surface area contributed by atoms with Gasteiger partial charge in [0.2, 0.25) is 0 Å². The Bertz CT molecular complexity index is 148. The van der Waals surface area contributed by atoms with E-state index in [2.05, 4.69) is 11.5 Å². The maximum Gasteiger partial charge on any atom is 0.145 e. The van der Waals surface area contributed by atoms with Crippen molar-refractivity contribution in [2.75, 3.05) is 19.6 Å². The smallest absolute Gasteiger partial charge is 0.145 e. The summed E-state index contributed by atoms with van der Waals surface area (Å²) in [6.07, 6.45) is 4.32. The third-order valence-corrected chi connectivity index (χ3v) is 2.11. The fraction of sp³-hybridized carbons (Fsp3) is 0.667. The molecule has 1 heterocycles. The summed E-state index contributed by atoms with van der Waals surface area (Å²) in [5.74, 6) is 0. The van der Waals surface area contributed by atoms with Gasteiger partial charge in [0, 0.05) is 6.54 Å². The first kappa shape index (κ1) is 8.47. The van der Waals surface area contributed by atoms with E-state index in [0.29, 0.717) is 0 Å². The van der Waals surface area contributed by atoms with Gasteiger partial charge in [-0.25, -0.2) is 0 Å². The summed E-state index contributed by atoms with van der Waals surface area (Å²) < 4.78 is 0. The van der Waals surface area contributed by atoms with Gasteiger partial charge in [-0.1, -0.05) is 6.58 Å². The minimum Gasteiger partial charge on any atom is -0.303 e. The molecule has 0 amide bonds. The monoisotopic (exact) mass is 153 g/mol. The number of likely N-dealkylation sites (tertiary alicyclic amines) is 1. The van der Waals surface area contributed by atoms with Gasteiger partial charge in [0.15, 0.2) is 0 Å². The predicted molar refractivity (Wildman–Crippen MR) is 45.5 cm³/mol. The van der Waals surface area contributed by atoms with Crippen LogP contribution >= 0.6 is 0 Å². The van der Waals surface area contributed by atoms with Crippen molar-refractivity contribution in [2.45, 2.75) is 19.3 Å². The lowest BCUT2D eigenvalue weighted by atomic mass is 10.2. The zero-order valence-corrected chi connectivity index (χ0v) is 6.88. The van der Waals surface area contributed by atoms with E-state index in [0.717, 1.165) is 24.8 Å². The zero-order chi connectivity index (χ0) is 8.10. The van der Waals surface area contributed by atoms with Gasteiger partial charge < -0.3 is 4.90 Å². The lowest BCUT2D eigenvalue weighted by Crippen LogP contribution is -2.20. The first-order valence-corrected chi connectivity index (χ1v) is 4.18. The highest BCUT2D eigenvalue weighted by Crippen LogP contribution is 2.08. The van der Waals surface area contributed by atoms with Gasteiger partial charge in [0.05, 0.1) is 0 Å². The maximum absolute atomic E-state index is 10.2. The standard InChI is InChI=1S/C9H15NO/c1-9(8-11)4-7-10-5-2-3-6-10/h8H,1-7H2. The van der Waals surface area contributed by atoms with Crippen LogP contribution in [0.25, 0.3) is 0 Å². The highest BCUT2D eigenvalue weighted by molar-refractivity contribution is 5.71. The van der Waals surface area contributed by atoms with E-state index in [9.17, 15) is 4.79 Å². The molecule has 1 fully saturated rings. The fourth-order valence-electron chi connectivity index (χ4n) is 1.37. The summed E-state index contributed by atoms with van der Waals surface area (Å²) in [6, 6.07) is 0. The van der Waals surface area contributed by atoms with E-state index in [1.165, 1.54) is 25.9 Å². The van der Waals surface area contributed by atoms with Crippen LogP contribution in [0, 0.1) is 0 Å². The molecule has 0 aliphatic carbocycles. The van der Waals surface area contributed by atoms with Gasteiger partial charge >= 0.3 is 0 Å². The summed E-state index contributed by atoms with van der Waals surface area (Å²) in [7, 11) is 0. The molecule has 62 valence electrons. The van der Waals surface area contributed by atoms with Crippen molar-refractivity contribution in [3.63, 3.8) is 0 Å². The molecule has 0 radical (unpaired) electrons. The van der Waals surface area contributed by atoms with E-state index >= 15 is 0 Å². The number of aldehydes is 1. The highest BCUT2D eigenvalue weighted by Gasteiger charge is 2.10. The predicted octanol–water partition coefficient (Wildman–Crippen LogP) is 1.23. The van der Waals surface area contributed by atoms with Crippen LogP contribution in [-0.4, -0.2) is 30.8 Å². The van der Waals surface area contributed by atoms with Crippen LogP contribution in [0.1, 0.15) is 19.3 Å². The van der Waals surface area contributed by atoms with E-state index in [-0.39, 0.29) is 0 Å². The number of rotatable bonds is 4. The number of nitrogens with zero attached hydrogens (tertiary/aromatic N) is 1. The maximum atomic E-state index is 10.2. The molecule has 2 nitrogen and oxygen atoms in total. The Morgan fingerprint density at radius 1 is 1.45 bits per heavy atom. The Morgan fingerprint density at radius 2 is 2.09 bits per heavy atom. The Morgan fingerprint density at radius 3 is 2.64 bits per heavy atom. The van der Waals surface area contributed by atoms with Crippen molar-refractivity contribution in [1.29, 1.82) is 0 Å². The third-order valence-electron chi connectivity index (χ3n) is 2.11. The van der Waals surface area contributed by atoms with Gasteiger partial charge in [0.25, 0.3) is 0 Å². The third kappa shape index (κ3) is 2.85. The first-order valence-electron chi connectivity index (χ1n) is 4.18. The van der Waals surface area contributed by atoms with Gasteiger partial charge in [0.1, 0.15) is 6.29 Å². The van der Waals surface area contributed by atoms with E-state index in [4.69, 9.17) is 0 Å². The molecule has 0 N–H and O–H groups in total. The molecular formula is C9H15NO. The van der Waals surface area contributed by atoms with E-state index in [1.807, 2.05) is 0 Å². The molecule has 1 saturated heterocycles. The number of hydrogen-bond acceptors (Lipinski definition) is 2. The Kier molecular flexibility index (Phi) is 3.30. The van der Waals surface area contributed by atoms with Gasteiger partial charge in [-0.2, -0.15) is 0 Å². The van der Waals surface area contributed by atoms with Crippen LogP contribution in [0.4, 0.5) is 0 Å². The molecule has 0 aromatic carbocycles. The molecule has 0 bridgehead atoms. The molecule has 1 aliphatic heterocycles. The van der Waals surface area contributed by atoms with Crippen LogP contribution in [0.2, 0.25) is 0 Å². The van der Waals surface area contributed by atoms with Gasteiger partial charge in [-0.3, -0.25) is 4.79 Å². The molecule has 0 unspecified atom stereocenters. The molecule has 1 rings (SSSR count). The lowest BCUT2D eigenvalue weighted by Gasteiger charge is -2.13. The van der Waals surface area contributed by atoms with Crippen LogP contribution < -0.4 is 0 Å². The number of carbonyl (C=O) groups excluding carboxylic acids is 1. The molecule has 0 aromatic rings. The van der Waals surface area contributed by atoms with E-state index in [1.54, 1.807) is 0 Å². The zero-order valence-electron chi connectivity index (χ0n) is 6.88. The number of hydrogen-bond donors (Lipinski definition) is 0. The summed E-state index contributed by atoms with van der Waals surface area (Å²) in [5, 5.41) is 0. The van der Waals surface area contributed by atoms with Crippen molar-refractivity contribution in [3.05, 3.63) is 12.2 Å². The average molecular weight is 153 g/mol. The molecule has 0 saturated carbocycles. The average Bonchev–Trinajstić information content (AvgIpc) is 2.52. The second-order valence-corrected chi connectivity index (χ2v) is 3.07. The van der Waals surface area contributed by atoms with Crippen LogP contribution in [-0.2, 0) is 4.79 Å². The fourth-order valence-corrected chi connectivity index (χ4v) is 1.37. The van der Waals surface area contributed by atoms with Crippen LogP contribution in [0.15, 0.2) is 12.2 Å². The molecule has 0 aromatic heterocycles. The first-order chi connectivity index (χ1) is 5.33. The summed E-state index contributed by atoms with van der Waals surface area (Å²) in [5.41, 5.74) is 0.719. The van der Waals surface area contributed by atoms with Crippen LogP contribution in [0.3, 0.4) is 0 Å². The number of carbonyl (C=O) groups is 1. The highest BCUT2D eigenvalue weighted by atomic mass is 16.1. The minimum atomic E-state index is 0.719. The lowest BCUT2D eigenvalue weighted by molar-refractivity contribution is -0.105. The quantitative estimate of drug-likeness (QED) is 0.447.